The van der Waals surface area contributed by atoms with Gasteiger partial charge in [-0.05, 0) is 19.4 Å². The van der Waals surface area contributed by atoms with Gasteiger partial charge in [0.15, 0.2) is 0 Å². The van der Waals surface area contributed by atoms with E-state index >= 15 is 0 Å². The maximum atomic E-state index is 10.8. The molecule has 112 valence electrons. The van der Waals surface area contributed by atoms with Crippen LogP contribution in [0, 0.1) is 24.0 Å². The zero-order valence-electron chi connectivity index (χ0n) is 12.5. The SMILES string of the molecule is COc1c(CNc2cc([N+](=O)[O-])ccc2C)c(C)nn1C. The average Bonchev–Trinajstić information content (AvgIpc) is 2.71. The van der Waals surface area contributed by atoms with Crippen LogP contribution in [-0.2, 0) is 13.6 Å². The molecule has 2 rings (SSSR count). The fourth-order valence-corrected chi connectivity index (χ4v) is 2.24. The molecule has 0 spiro atoms. The summed E-state index contributed by atoms with van der Waals surface area (Å²) in [5.41, 5.74) is 3.55. The van der Waals surface area contributed by atoms with E-state index < -0.39 is 4.92 Å². The summed E-state index contributed by atoms with van der Waals surface area (Å²) in [4.78, 5) is 10.4. The van der Waals surface area contributed by atoms with Gasteiger partial charge in [-0.25, -0.2) is 4.68 Å². The Morgan fingerprint density at radius 2 is 2.14 bits per heavy atom. The molecule has 1 aromatic carbocycles. The molecule has 21 heavy (non-hydrogen) atoms. The standard InChI is InChI=1S/C14H18N4O3/c1-9-5-6-11(18(19)20)7-13(9)15-8-12-10(2)16-17(3)14(12)21-4/h5-7,15H,8H2,1-4H3. The molecule has 1 N–H and O–H groups in total. The highest BCUT2D eigenvalue weighted by molar-refractivity contribution is 5.57. The van der Waals surface area contributed by atoms with Gasteiger partial charge in [-0.15, -0.1) is 0 Å². The van der Waals surface area contributed by atoms with Gasteiger partial charge in [0.2, 0.25) is 5.88 Å². The number of aromatic nitrogens is 2. The molecule has 0 aliphatic rings. The number of nitrogens with zero attached hydrogens (tertiary/aromatic N) is 3. The van der Waals surface area contributed by atoms with E-state index in [2.05, 4.69) is 10.4 Å². The number of anilines is 1. The van der Waals surface area contributed by atoms with Crippen molar-refractivity contribution in [2.45, 2.75) is 20.4 Å². The minimum atomic E-state index is -0.402. The van der Waals surface area contributed by atoms with Crippen LogP contribution >= 0.6 is 0 Å². The van der Waals surface area contributed by atoms with E-state index in [-0.39, 0.29) is 5.69 Å². The highest BCUT2D eigenvalue weighted by Gasteiger charge is 2.14. The minimum Gasteiger partial charge on any atom is -0.481 e. The Balaban J connectivity index is 2.24. The second kappa shape index (κ2) is 5.82. The second-order valence-corrected chi connectivity index (χ2v) is 4.81. The summed E-state index contributed by atoms with van der Waals surface area (Å²) in [6, 6.07) is 4.76. The van der Waals surface area contributed by atoms with Crippen LogP contribution in [-0.4, -0.2) is 21.8 Å². The monoisotopic (exact) mass is 290 g/mol. The van der Waals surface area contributed by atoms with Crippen molar-refractivity contribution in [1.82, 2.24) is 9.78 Å². The van der Waals surface area contributed by atoms with Gasteiger partial charge in [-0.1, -0.05) is 6.07 Å². The molecule has 0 unspecified atom stereocenters. The van der Waals surface area contributed by atoms with Crippen LogP contribution in [0.2, 0.25) is 0 Å². The van der Waals surface area contributed by atoms with Crippen molar-refractivity contribution in [1.29, 1.82) is 0 Å². The van der Waals surface area contributed by atoms with Gasteiger partial charge in [0.05, 0.1) is 23.3 Å². The molecule has 1 aromatic heterocycles. The summed E-state index contributed by atoms with van der Waals surface area (Å²) < 4.78 is 7.00. The minimum absolute atomic E-state index is 0.0676. The van der Waals surface area contributed by atoms with Gasteiger partial charge in [-0.2, -0.15) is 5.10 Å². The number of non-ortho nitro benzene ring substituents is 1. The highest BCUT2D eigenvalue weighted by Crippen LogP contribution is 2.25. The number of nitro benzene ring substituents is 1. The molecule has 7 nitrogen and oxygen atoms in total. The van der Waals surface area contributed by atoms with Gasteiger partial charge in [0.1, 0.15) is 0 Å². The lowest BCUT2D eigenvalue weighted by Gasteiger charge is -2.10. The molecule has 0 fully saturated rings. The molecule has 0 aliphatic heterocycles. The van der Waals surface area contributed by atoms with Crippen molar-refractivity contribution in [3.8, 4) is 5.88 Å². The smallest absolute Gasteiger partial charge is 0.271 e. The normalized spacial score (nSPS) is 10.5. The number of benzene rings is 1. The number of aryl methyl sites for hydroxylation is 3. The maximum Gasteiger partial charge on any atom is 0.271 e. The number of hydrogen-bond acceptors (Lipinski definition) is 5. The molecule has 1 heterocycles. The van der Waals surface area contributed by atoms with Crippen LogP contribution in [0.15, 0.2) is 18.2 Å². The van der Waals surface area contributed by atoms with Crippen molar-refractivity contribution >= 4 is 11.4 Å². The van der Waals surface area contributed by atoms with Gasteiger partial charge < -0.3 is 10.1 Å². The quantitative estimate of drug-likeness (QED) is 0.676. The summed E-state index contributed by atoms with van der Waals surface area (Å²) in [5, 5.41) is 18.4. The maximum absolute atomic E-state index is 10.8. The van der Waals surface area contributed by atoms with Crippen molar-refractivity contribution < 1.29 is 9.66 Å². The molecule has 0 aliphatic carbocycles. The highest BCUT2D eigenvalue weighted by atomic mass is 16.6. The second-order valence-electron chi connectivity index (χ2n) is 4.81. The predicted octanol–water partition coefficient (Wildman–Crippen LogP) is 2.57. The lowest BCUT2D eigenvalue weighted by molar-refractivity contribution is -0.384. The first kappa shape index (κ1) is 14.8. The molecular weight excluding hydrogens is 272 g/mol. The molecule has 0 radical (unpaired) electrons. The van der Waals surface area contributed by atoms with Crippen LogP contribution in [0.1, 0.15) is 16.8 Å². The lowest BCUT2D eigenvalue weighted by Crippen LogP contribution is -2.04. The Morgan fingerprint density at radius 1 is 1.43 bits per heavy atom. The van der Waals surface area contributed by atoms with E-state index in [1.165, 1.54) is 12.1 Å². The van der Waals surface area contributed by atoms with E-state index in [1.807, 2.05) is 20.9 Å². The van der Waals surface area contributed by atoms with Crippen LogP contribution < -0.4 is 10.1 Å². The Hall–Kier alpha value is -2.57. The Labute approximate surface area is 122 Å². The zero-order valence-corrected chi connectivity index (χ0v) is 12.5. The molecular formula is C14H18N4O3. The molecule has 0 bridgehead atoms. The van der Waals surface area contributed by atoms with Crippen LogP contribution in [0.3, 0.4) is 0 Å². The summed E-state index contributed by atoms with van der Waals surface area (Å²) >= 11 is 0. The number of hydrogen-bond donors (Lipinski definition) is 1. The zero-order chi connectivity index (χ0) is 15.6. The number of nitro groups is 1. The van der Waals surface area contributed by atoms with E-state index in [0.29, 0.717) is 12.4 Å². The summed E-state index contributed by atoms with van der Waals surface area (Å²) in [6.45, 7) is 4.30. The van der Waals surface area contributed by atoms with Crippen LogP contribution in [0.5, 0.6) is 5.88 Å². The van der Waals surface area contributed by atoms with E-state index in [1.54, 1.807) is 17.9 Å². The first-order valence-corrected chi connectivity index (χ1v) is 6.49. The third-order valence-electron chi connectivity index (χ3n) is 3.37. The third-order valence-corrected chi connectivity index (χ3v) is 3.37. The van der Waals surface area contributed by atoms with Crippen LogP contribution in [0.4, 0.5) is 11.4 Å². The molecule has 2 aromatic rings. The lowest BCUT2D eigenvalue weighted by atomic mass is 10.1. The van der Waals surface area contributed by atoms with E-state index in [9.17, 15) is 10.1 Å². The summed E-state index contributed by atoms with van der Waals surface area (Å²) in [6.07, 6.45) is 0. The Morgan fingerprint density at radius 3 is 2.76 bits per heavy atom. The first-order valence-electron chi connectivity index (χ1n) is 6.49. The van der Waals surface area contributed by atoms with Gasteiger partial charge in [0, 0.05) is 31.4 Å². The first-order chi connectivity index (χ1) is 9.93. The molecule has 0 saturated carbocycles. The van der Waals surface area contributed by atoms with Crippen molar-refractivity contribution in [2.75, 3.05) is 12.4 Å². The topological polar surface area (TPSA) is 82.2 Å². The third kappa shape index (κ3) is 2.96. The van der Waals surface area contributed by atoms with Crippen molar-refractivity contribution in [3.05, 3.63) is 45.1 Å². The number of methoxy groups -OCH3 is 1. The molecule has 0 atom stereocenters. The molecule has 0 amide bonds. The van der Waals surface area contributed by atoms with Gasteiger partial charge in [-0.3, -0.25) is 10.1 Å². The van der Waals surface area contributed by atoms with Crippen molar-refractivity contribution in [2.24, 2.45) is 7.05 Å². The molecule has 0 saturated heterocycles. The molecule has 7 heteroatoms. The van der Waals surface area contributed by atoms with Gasteiger partial charge in [0.25, 0.3) is 5.69 Å². The van der Waals surface area contributed by atoms with E-state index in [4.69, 9.17) is 4.74 Å². The Kier molecular flexibility index (Phi) is 4.11. The summed E-state index contributed by atoms with van der Waals surface area (Å²) in [7, 11) is 3.41. The van der Waals surface area contributed by atoms with Crippen LogP contribution in [0.25, 0.3) is 0 Å². The van der Waals surface area contributed by atoms with Gasteiger partial charge >= 0.3 is 0 Å². The summed E-state index contributed by atoms with van der Waals surface area (Å²) in [5.74, 6) is 0.683. The largest absolute Gasteiger partial charge is 0.481 e. The van der Waals surface area contributed by atoms with E-state index in [0.717, 1.165) is 22.5 Å². The number of nitrogens with one attached hydrogen (secondary N) is 1. The predicted molar refractivity (Wildman–Crippen MR) is 79.7 cm³/mol. The number of ether oxygens (including phenoxy) is 1. The Bertz CT molecular complexity index is 679. The average molecular weight is 290 g/mol. The van der Waals surface area contributed by atoms with Crippen molar-refractivity contribution in [3.63, 3.8) is 0 Å². The fourth-order valence-electron chi connectivity index (χ4n) is 2.24. The fraction of sp³-hybridized carbons (Fsp3) is 0.357. The number of rotatable bonds is 5.